The van der Waals surface area contributed by atoms with E-state index in [1.54, 1.807) is 18.2 Å². The van der Waals surface area contributed by atoms with Gasteiger partial charge in [0.2, 0.25) is 0 Å². The van der Waals surface area contributed by atoms with E-state index in [0.717, 1.165) is 19.5 Å². The average Bonchev–Trinajstić information content (AvgIpc) is 2.45. The number of amides is 1. The lowest BCUT2D eigenvalue weighted by atomic mass is 9.99. The third-order valence-electron chi connectivity index (χ3n) is 3.93. The highest BCUT2D eigenvalue weighted by atomic mass is 32.1. The van der Waals surface area contributed by atoms with Gasteiger partial charge in [0.15, 0.2) is 4.77 Å². The van der Waals surface area contributed by atoms with E-state index in [1.165, 1.54) is 6.42 Å². The Bertz CT molecular complexity index is 808. The van der Waals surface area contributed by atoms with E-state index in [0.29, 0.717) is 22.4 Å². The van der Waals surface area contributed by atoms with E-state index < -0.39 is 0 Å². The van der Waals surface area contributed by atoms with Crippen LogP contribution in [-0.4, -0.2) is 33.9 Å². The summed E-state index contributed by atoms with van der Waals surface area (Å²) in [5.41, 5.74) is 0.951. The summed E-state index contributed by atoms with van der Waals surface area (Å²) < 4.78 is 0.267. The number of nitrogens with one attached hydrogen (secondary N) is 2. The van der Waals surface area contributed by atoms with Crippen molar-refractivity contribution in [3.05, 3.63) is 38.9 Å². The molecule has 0 spiro atoms. The second-order valence-electron chi connectivity index (χ2n) is 5.67. The highest BCUT2D eigenvalue weighted by Gasteiger charge is 2.22. The molecule has 5 nitrogen and oxygen atoms in total. The van der Waals surface area contributed by atoms with Gasteiger partial charge in [-0.2, -0.15) is 0 Å². The Morgan fingerprint density at radius 3 is 2.95 bits per heavy atom. The van der Waals surface area contributed by atoms with E-state index in [2.05, 4.69) is 16.9 Å². The molecule has 0 radical (unpaired) electrons. The Kier molecular flexibility index (Phi) is 3.63. The van der Waals surface area contributed by atoms with Crippen molar-refractivity contribution in [2.24, 2.45) is 5.92 Å². The second-order valence-corrected chi connectivity index (χ2v) is 6.08. The predicted molar refractivity (Wildman–Crippen MR) is 84.1 cm³/mol. The lowest BCUT2D eigenvalue weighted by Crippen LogP contribution is -2.39. The van der Waals surface area contributed by atoms with E-state index in [-0.39, 0.29) is 16.2 Å². The SMILES string of the molecule is CC1CCCN(C(=O)c2ccc3c(=O)[nH]c(=S)[nH]c3c2)C1. The molecule has 2 aromatic rings. The third-order valence-corrected chi connectivity index (χ3v) is 4.13. The zero-order valence-electron chi connectivity index (χ0n) is 11.8. The summed E-state index contributed by atoms with van der Waals surface area (Å²) in [5, 5.41) is 0.507. The molecule has 0 aliphatic carbocycles. The third kappa shape index (κ3) is 2.76. The van der Waals surface area contributed by atoms with Gasteiger partial charge in [0.1, 0.15) is 0 Å². The van der Waals surface area contributed by atoms with Crippen molar-refractivity contribution in [3.63, 3.8) is 0 Å². The summed E-state index contributed by atoms with van der Waals surface area (Å²) in [6.45, 7) is 3.76. The van der Waals surface area contributed by atoms with Gasteiger partial charge in [-0.1, -0.05) is 6.92 Å². The molecule has 1 atom stereocenters. The number of rotatable bonds is 1. The van der Waals surface area contributed by atoms with Crippen LogP contribution >= 0.6 is 12.2 Å². The molecule has 1 fully saturated rings. The van der Waals surface area contributed by atoms with Crippen molar-refractivity contribution < 1.29 is 4.79 Å². The van der Waals surface area contributed by atoms with Crippen molar-refractivity contribution in [1.29, 1.82) is 0 Å². The fourth-order valence-corrected chi connectivity index (χ4v) is 3.06. The van der Waals surface area contributed by atoms with Gasteiger partial charge >= 0.3 is 0 Å². The molecule has 3 rings (SSSR count). The maximum absolute atomic E-state index is 12.6. The van der Waals surface area contributed by atoms with Crippen LogP contribution in [0.2, 0.25) is 0 Å². The number of nitrogens with zero attached hydrogens (tertiary/aromatic N) is 1. The largest absolute Gasteiger partial charge is 0.338 e. The van der Waals surface area contributed by atoms with Crippen molar-refractivity contribution in [1.82, 2.24) is 14.9 Å². The minimum Gasteiger partial charge on any atom is -0.338 e. The molecule has 1 aliphatic heterocycles. The predicted octanol–water partition coefficient (Wildman–Crippen LogP) is 2.46. The van der Waals surface area contributed by atoms with Gasteiger partial charge in [0.05, 0.1) is 10.9 Å². The van der Waals surface area contributed by atoms with Gasteiger partial charge in [-0.15, -0.1) is 0 Å². The van der Waals surface area contributed by atoms with Crippen LogP contribution in [-0.2, 0) is 0 Å². The molecule has 21 heavy (non-hydrogen) atoms. The first-order valence-electron chi connectivity index (χ1n) is 7.10. The van der Waals surface area contributed by atoms with Gasteiger partial charge in [0.25, 0.3) is 11.5 Å². The van der Waals surface area contributed by atoms with Crippen LogP contribution in [0.4, 0.5) is 0 Å². The van der Waals surface area contributed by atoms with E-state index in [4.69, 9.17) is 12.2 Å². The highest BCUT2D eigenvalue weighted by Crippen LogP contribution is 2.19. The molecule has 1 saturated heterocycles. The fraction of sp³-hybridized carbons (Fsp3) is 0.400. The Hall–Kier alpha value is -1.95. The summed E-state index contributed by atoms with van der Waals surface area (Å²) in [4.78, 5) is 31.7. The number of aromatic amines is 2. The number of carbonyl (C=O) groups excluding carboxylic acids is 1. The summed E-state index contributed by atoms with van der Waals surface area (Å²) in [6.07, 6.45) is 2.21. The number of benzene rings is 1. The number of carbonyl (C=O) groups is 1. The molecule has 110 valence electrons. The monoisotopic (exact) mass is 303 g/mol. The standard InChI is InChI=1S/C15H17N3O2S/c1-9-3-2-6-18(8-9)14(20)10-4-5-11-12(7-10)16-15(21)17-13(11)19/h4-5,7,9H,2-3,6,8H2,1H3,(H2,16,17,19,21). The normalized spacial score (nSPS) is 18.9. The summed E-state index contributed by atoms with van der Waals surface area (Å²) in [5.74, 6) is 0.555. The van der Waals surface area contributed by atoms with E-state index in [1.807, 2.05) is 4.90 Å². The van der Waals surface area contributed by atoms with Crippen LogP contribution in [0.3, 0.4) is 0 Å². The molecule has 1 aromatic heterocycles. The zero-order valence-corrected chi connectivity index (χ0v) is 12.6. The molecule has 1 aromatic carbocycles. The quantitative estimate of drug-likeness (QED) is 0.795. The molecular weight excluding hydrogens is 286 g/mol. The molecule has 0 saturated carbocycles. The van der Waals surface area contributed by atoms with E-state index >= 15 is 0 Å². The van der Waals surface area contributed by atoms with Crippen LogP contribution in [0, 0.1) is 10.7 Å². The smallest absolute Gasteiger partial charge is 0.259 e. The first kappa shape index (κ1) is 14.0. The number of hydrogen-bond acceptors (Lipinski definition) is 3. The molecular formula is C15H17N3O2S. The number of aromatic nitrogens is 2. The first-order chi connectivity index (χ1) is 10.0. The molecule has 1 unspecified atom stereocenters. The molecule has 0 bridgehead atoms. The lowest BCUT2D eigenvalue weighted by molar-refractivity contribution is 0.0683. The van der Waals surface area contributed by atoms with Gasteiger partial charge in [-0.05, 0) is 49.2 Å². The maximum Gasteiger partial charge on any atom is 0.259 e. The second kappa shape index (κ2) is 5.44. The summed E-state index contributed by atoms with van der Waals surface area (Å²) in [6, 6.07) is 5.08. The highest BCUT2D eigenvalue weighted by molar-refractivity contribution is 7.71. The number of likely N-dealkylation sites (tertiary alicyclic amines) is 1. The van der Waals surface area contributed by atoms with Crippen LogP contribution in [0.1, 0.15) is 30.1 Å². The van der Waals surface area contributed by atoms with Crippen molar-refractivity contribution in [2.45, 2.75) is 19.8 Å². The molecule has 1 aliphatic rings. The Morgan fingerprint density at radius 2 is 2.19 bits per heavy atom. The topological polar surface area (TPSA) is 69.0 Å². The average molecular weight is 303 g/mol. The van der Waals surface area contributed by atoms with Crippen LogP contribution in [0.5, 0.6) is 0 Å². The van der Waals surface area contributed by atoms with Crippen molar-refractivity contribution in [2.75, 3.05) is 13.1 Å². The first-order valence-corrected chi connectivity index (χ1v) is 7.51. The van der Waals surface area contributed by atoms with Crippen LogP contribution < -0.4 is 5.56 Å². The molecule has 6 heteroatoms. The van der Waals surface area contributed by atoms with Crippen LogP contribution in [0.15, 0.2) is 23.0 Å². The van der Waals surface area contributed by atoms with Gasteiger partial charge < -0.3 is 9.88 Å². The van der Waals surface area contributed by atoms with Gasteiger partial charge in [0, 0.05) is 18.7 Å². The molecule has 2 heterocycles. The van der Waals surface area contributed by atoms with Crippen LogP contribution in [0.25, 0.3) is 10.9 Å². The molecule has 1 amide bonds. The summed E-state index contributed by atoms with van der Waals surface area (Å²) in [7, 11) is 0. The minimum atomic E-state index is -0.237. The fourth-order valence-electron chi connectivity index (χ4n) is 2.86. The Labute approximate surface area is 127 Å². The number of piperidine rings is 1. The Morgan fingerprint density at radius 1 is 1.38 bits per heavy atom. The summed E-state index contributed by atoms with van der Waals surface area (Å²) >= 11 is 4.97. The minimum absolute atomic E-state index is 0.0167. The maximum atomic E-state index is 12.6. The number of H-pyrrole nitrogens is 2. The van der Waals surface area contributed by atoms with Crippen molar-refractivity contribution in [3.8, 4) is 0 Å². The van der Waals surface area contributed by atoms with Gasteiger partial charge in [-0.3, -0.25) is 14.6 Å². The van der Waals surface area contributed by atoms with Gasteiger partial charge in [-0.25, -0.2) is 0 Å². The van der Waals surface area contributed by atoms with E-state index in [9.17, 15) is 9.59 Å². The number of fused-ring (bicyclic) bond motifs is 1. The molecule has 2 N–H and O–H groups in total. The zero-order chi connectivity index (χ0) is 15.0. The van der Waals surface area contributed by atoms with Crippen molar-refractivity contribution >= 4 is 29.0 Å². The number of hydrogen-bond donors (Lipinski definition) is 2. The lowest BCUT2D eigenvalue weighted by Gasteiger charge is -2.31. The Balaban J connectivity index is 1.99.